The quantitative estimate of drug-likeness (QED) is 0.885. The molecule has 0 saturated carbocycles. The van der Waals surface area contributed by atoms with Gasteiger partial charge in [0.2, 0.25) is 0 Å². The summed E-state index contributed by atoms with van der Waals surface area (Å²) in [6.45, 7) is -0.438. The average molecular weight is 303 g/mol. The molecule has 2 amide bonds. The van der Waals surface area contributed by atoms with Crippen LogP contribution in [-0.4, -0.2) is 28.4 Å². The van der Waals surface area contributed by atoms with Gasteiger partial charge in [0.05, 0.1) is 17.7 Å². The number of aliphatic hydroxyl groups is 1. The number of β-amino-alcohol motifs (C(OH)–C–C–N with tert-alkyl or cyclic N) is 1. The van der Waals surface area contributed by atoms with E-state index in [1.165, 1.54) is 12.1 Å². The lowest BCUT2D eigenvalue weighted by Gasteiger charge is -2.19. The molecule has 0 radical (unpaired) electrons. The first kappa shape index (κ1) is 14.3. The van der Waals surface area contributed by atoms with Crippen LogP contribution in [0.3, 0.4) is 0 Å². The zero-order valence-corrected chi connectivity index (χ0v) is 11.3. The number of hydrogen-bond acceptors (Lipinski definition) is 3. The van der Waals surface area contributed by atoms with Gasteiger partial charge in [0, 0.05) is 5.56 Å². The van der Waals surface area contributed by atoms with E-state index in [-0.39, 0.29) is 16.7 Å². The van der Waals surface area contributed by atoms with Gasteiger partial charge < -0.3 is 5.11 Å². The van der Waals surface area contributed by atoms with Gasteiger partial charge in [0.1, 0.15) is 17.7 Å². The van der Waals surface area contributed by atoms with Crippen molar-refractivity contribution in [3.8, 4) is 0 Å². The topological polar surface area (TPSA) is 57.6 Å². The molecule has 4 nitrogen and oxygen atoms in total. The van der Waals surface area contributed by atoms with Gasteiger partial charge in [-0.05, 0) is 30.3 Å². The maximum Gasteiger partial charge on any atom is 0.261 e. The van der Waals surface area contributed by atoms with Crippen LogP contribution in [0.15, 0.2) is 42.5 Å². The number of imide groups is 1. The van der Waals surface area contributed by atoms with Crippen molar-refractivity contribution in [2.75, 3.05) is 6.54 Å². The van der Waals surface area contributed by atoms with Crippen molar-refractivity contribution in [1.29, 1.82) is 0 Å². The number of hydrogen-bond donors (Lipinski definition) is 1. The van der Waals surface area contributed by atoms with Crippen LogP contribution in [0.1, 0.15) is 32.4 Å². The SMILES string of the molecule is O=C1c2ccccc2C(=O)N1CC(O)c1cc(F)ccc1F. The summed E-state index contributed by atoms with van der Waals surface area (Å²) >= 11 is 0. The van der Waals surface area contributed by atoms with Crippen LogP contribution >= 0.6 is 0 Å². The minimum absolute atomic E-state index is 0.236. The monoisotopic (exact) mass is 303 g/mol. The first-order valence-corrected chi connectivity index (χ1v) is 6.57. The molecule has 0 spiro atoms. The summed E-state index contributed by atoms with van der Waals surface area (Å²) in [6.07, 6.45) is -1.50. The lowest BCUT2D eigenvalue weighted by Crippen LogP contribution is -2.34. The third-order valence-electron chi connectivity index (χ3n) is 3.55. The van der Waals surface area contributed by atoms with Gasteiger partial charge in [-0.2, -0.15) is 0 Å². The number of carbonyl (C=O) groups is 2. The van der Waals surface area contributed by atoms with Crippen molar-refractivity contribution in [1.82, 2.24) is 4.90 Å². The molecule has 1 unspecified atom stereocenters. The van der Waals surface area contributed by atoms with Gasteiger partial charge in [-0.25, -0.2) is 8.78 Å². The molecule has 0 aromatic heterocycles. The molecular formula is C16H11F2NO3. The minimum Gasteiger partial charge on any atom is -0.386 e. The second-order valence-corrected chi connectivity index (χ2v) is 4.95. The Kier molecular flexibility index (Phi) is 3.46. The van der Waals surface area contributed by atoms with Crippen molar-refractivity contribution < 1.29 is 23.5 Å². The van der Waals surface area contributed by atoms with Crippen molar-refractivity contribution in [2.24, 2.45) is 0 Å². The first-order valence-electron chi connectivity index (χ1n) is 6.57. The Hall–Kier alpha value is -2.60. The molecule has 112 valence electrons. The number of aliphatic hydroxyl groups excluding tert-OH is 1. The number of rotatable bonds is 3. The Balaban J connectivity index is 1.87. The zero-order chi connectivity index (χ0) is 15.9. The molecule has 0 fully saturated rings. The minimum atomic E-state index is -1.50. The van der Waals surface area contributed by atoms with Crippen molar-refractivity contribution in [3.05, 3.63) is 70.8 Å². The Morgan fingerprint density at radius 1 is 1.00 bits per heavy atom. The molecule has 0 aliphatic carbocycles. The fourth-order valence-corrected chi connectivity index (χ4v) is 2.45. The molecule has 2 aromatic rings. The molecule has 0 bridgehead atoms. The highest BCUT2D eigenvalue weighted by atomic mass is 19.1. The molecule has 0 saturated heterocycles. The molecule has 22 heavy (non-hydrogen) atoms. The van der Waals surface area contributed by atoms with Gasteiger partial charge in [0.15, 0.2) is 0 Å². The van der Waals surface area contributed by atoms with Crippen LogP contribution in [0.4, 0.5) is 8.78 Å². The first-order chi connectivity index (χ1) is 10.5. The fourth-order valence-electron chi connectivity index (χ4n) is 2.45. The zero-order valence-electron chi connectivity index (χ0n) is 11.3. The Morgan fingerprint density at radius 2 is 1.59 bits per heavy atom. The third kappa shape index (κ3) is 2.27. The summed E-state index contributed by atoms with van der Waals surface area (Å²) in [5.41, 5.74) is 0.176. The van der Waals surface area contributed by atoms with Crippen molar-refractivity contribution >= 4 is 11.8 Å². The molecule has 1 aliphatic heterocycles. The van der Waals surface area contributed by atoms with Crippen LogP contribution in [0, 0.1) is 11.6 Å². The predicted molar refractivity (Wildman–Crippen MR) is 73.1 cm³/mol. The highest BCUT2D eigenvalue weighted by molar-refractivity contribution is 6.21. The summed E-state index contributed by atoms with van der Waals surface area (Å²) < 4.78 is 26.8. The number of amides is 2. The van der Waals surface area contributed by atoms with E-state index in [9.17, 15) is 23.5 Å². The van der Waals surface area contributed by atoms with Gasteiger partial charge in [-0.3, -0.25) is 14.5 Å². The van der Waals surface area contributed by atoms with Gasteiger partial charge >= 0.3 is 0 Å². The lowest BCUT2D eigenvalue weighted by molar-refractivity contribution is 0.0538. The maximum absolute atomic E-state index is 13.6. The smallest absolute Gasteiger partial charge is 0.261 e. The predicted octanol–water partition coefficient (Wildman–Crippen LogP) is 2.29. The van der Waals surface area contributed by atoms with E-state index in [1.54, 1.807) is 12.1 Å². The molecule has 1 heterocycles. The average Bonchev–Trinajstić information content (AvgIpc) is 2.75. The van der Waals surface area contributed by atoms with E-state index in [0.29, 0.717) is 0 Å². The summed E-state index contributed by atoms with van der Waals surface area (Å²) in [5.74, 6) is -2.63. The third-order valence-corrected chi connectivity index (χ3v) is 3.55. The van der Waals surface area contributed by atoms with Crippen LogP contribution in [0.25, 0.3) is 0 Å². The van der Waals surface area contributed by atoms with E-state index >= 15 is 0 Å². The Bertz CT molecular complexity index is 741. The summed E-state index contributed by atoms with van der Waals surface area (Å²) in [6, 6.07) is 8.91. The van der Waals surface area contributed by atoms with E-state index in [0.717, 1.165) is 23.1 Å². The van der Waals surface area contributed by atoms with E-state index < -0.39 is 36.1 Å². The van der Waals surface area contributed by atoms with Crippen LogP contribution in [0.5, 0.6) is 0 Å². The van der Waals surface area contributed by atoms with E-state index in [1.807, 2.05) is 0 Å². The van der Waals surface area contributed by atoms with Crippen LogP contribution < -0.4 is 0 Å². The molecule has 2 aromatic carbocycles. The molecule has 3 rings (SSSR count). The van der Waals surface area contributed by atoms with E-state index in [2.05, 4.69) is 0 Å². The lowest BCUT2D eigenvalue weighted by atomic mass is 10.1. The Morgan fingerprint density at radius 3 is 2.18 bits per heavy atom. The number of fused-ring (bicyclic) bond motifs is 1. The van der Waals surface area contributed by atoms with Gasteiger partial charge in [-0.15, -0.1) is 0 Å². The second kappa shape index (κ2) is 5.31. The summed E-state index contributed by atoms with van der Waals surface area (Å²) in [4.78, 5) is 25.1. The van der Waals surface area contributed by atoms with Gasteiger partial charge in [-0.1, -0.05) is 12.1 Å². The van der Waals surface area contributed by atoms with Crippen LogP contribution in [0.2, 0.25) is 0 Å². The number of nitrogens with zero attached hydrogens (tertiary/aromatic N) is 1. The van der Waals surface area contributed by atoms with Crippen LogP contribution in [-0.2, 0) is 0 Å². The van der Waals surface area contributed by atoms with Crippen molar-refractivity contribution in [3.63, 3.8) is 0 Å². The summed E-state index contributed by atoms with van der Waals surface area (Å²) in [5, 5.41) is 10.0. The van der Waals surface area contributed by atoms with Crippen molar-refractivity contribution in [2.45, 2.75) is 6.10 Å². The second-order valence-electron chi connectivity index (χ2n) is 4.95. The fraction of sp³-hybridized carbons (Fsp3) is 0.125. The summed E-state index contributed by atoms with van der Waals surface area (Å²) in [7, 11) is 0. The highest BCUT2D eigenvalue weighted by Gasteiger charge is 2.36. The molecule has 1 N–H and O–H groups in total. The number of carbonyl (C=O) groups excluding carboxylic acids is 2. The number of halogens is 2. The largest absolute Gasteiger partial charge is 0.386 e. The van der Waals surface area contributed by atoms with Gasteiger partial charge in [0.25, 0.3) is 11.8 Å². The van der Waals surface area contributed by atoms with E-state index in [4.69, 9.17) is 0 Å². The molecular weight excluding hydrogens is 292 g/mol. The molecule has 6 heteroatoms. The normalized spacial score (nSPS) is 15.1. The maximum atomic E-state index is 13.6. The number of benzene rings is 2. The standard InChI is InChI=1S/C16H11F2NO3/c17-9-5-6-13(18)12(7-9)14(20)8-19-15(21)10-3-1-2-4-11(10)16(19)22/h1-7,14,20H,8H2. The Labute approximate surface area is 124 Å². The molecule has 1 atom stereocenters. The highest BCUT2D eigenvalue weighted by Crippen LogP contribution is 2.26. The molecule has 1 aliphatic rings.